The van der Waals surface area contributed by atoms with Crippen LogP contribution in [0.25, 0.3) is 0 Å². The molecule has 3 rings (SSSR count). The molecule has 18 heavy (non-hydrogen) atoms. The van der Waals surface area contributed by atoms with Gasteiger partial charge >= 0.3 is 7.05 Å². The van der Waals surface area contributed by atoms with Crippen LogP contribution in [0.5, 0.6) is 5.75 Å². The van der Waals surface area contributed by atoms with Crippen molar-refractivity contribution in [1.29, 1.82) is 0 Å². The molecule has 0 amide bonds. The number of nitrogens with zero attached hydrogens (tertiary/aromatic N) is 2. The minimum atomic E-state index is 0.0229. The number of hydrogen-bond acceptors (Lipinski definition) is 2. The van der Waals surface area contributed by atoms with Gasteiger partial charge in [-0.05, 0) is 24.6 Å². The topological polar surface area (TPSA) is 16.4 Å². The Morgan fingerprint density at radius 3 is 2.78 bits per heavy atom. The van der Waals surface area contributed by atoms with Gasteiger partial charge in [0.15, 0.2) is 5.69 Å². The predicted octanol–water partition coefficient (Wildman–Crippen LogP) is 2.47. The predicted molar refractivity (Wildman–Crippen MR) is 73.2 cm³/mol. The molecule has 0 saturated carbocycles. The van der Waals surface area contributed by atoms with Crippen LogP contribution < -0.4 is 14.0 Å². The largest absolute Gasteiger partial charge is 0.607 e. The van der Waals surface area contributed by atoms with Crippen molar-refractivity contribution in [1.82, 2.24) is 0 Å². The molecular weight excluding hydrogens is 223 g/mol. The van der Waals surface area contributed by atoms with Gasteiger partial charge in [0, 0.05) is 12.9 Å². The van der Waals surface area contributed by atoms with E-state index in [9.17, 15) is 0 Å². The van der Waals surface area contributed by atoms with Crippen molar-refractivity contribution in [3.63, 3.8) is 0 Å². The molecule has 0 atom stereocenters. The van der Waals surface area contributed by atoms with Crippen LogP contribution in [0.3, 0.4) is 0 Å². The minimum absolute atomic E-state index is 0.0229. The van der Waals surface area contributed by atoms with E-state index in [2.05, 4.69) is 54.6 Å². The Morgan fingerprint density at radius 1 is 1.17 bits per heavy atom. The molecule has 2 heterocycles. The molecule has 0 bridgehead atoms. The second kappa shape index (κ2) is 4.05. The van der Waals surface area contributed by atoms with E-state index in [1.54, 1.807) is 0 Å². The summed E-state index contributed by atoms with van der Waals surface area (Å²) >= 11 is 0. The molecule has 0 radical (unpaired) electrons. The maximum atomic E-state index is 5.92. The van der Waals surface area contributed by atoms with Gasteiger partial charge in [-0.25, -0.2) is 9.38 Å². The number of anilines is 2. The first-order valence-corrected chi connectivity index (χ1v) is 6.18. The summed E-state index contributed by atoms with van der Waals surface area (Å²) in [4.78, 5) is 2.24. The van der Waals surface area contributed by atoms with Gasteiger partial charge in [0.1, 0.15) is 5.75 Å². The van der Waals surface area contributed by atoms with Gasteiger partial charge in [-0.1, -0.05) is 18.2 Å². The van der Waals surface area contributed by atoms with Gasteiger partial charge in [-0.3, -0.25) is 0 Å². The third kappa shape index (κ3) is 1.57. The molecule has 0 aliphatic carbocycles. The summed E-state index contributed by atoms with van der Waals surface area (Å²) in [6.07, 6.45) is 2.05. The molecular formula is C14H16BN2O+. The van der Waals surface area contributed by atoms with Gasteiger partial charge < -0.3 is 4.65 Å². The van der Waals surface area contributed by atoms with Crippen molar-refractivity contribution in [2.24, 2.45) is 7.05 Å². The standard InChI is InChI=1S/C14H16BN2O/c1-11-7-6-8-12-14(11)17(15(2)18-12)13-9-4-5-10-16(13)3/h4-10H,1-3H3/q+1. The quantitative estimate of drug-likeness (QED) is 0.561. The number of rotatable bonds is 1. The molecule has 0 spiro atoms. The second-order valence-electron chi connectivity index (χ2n) is 4.68. The molecule has 0 N–H and O–H groups in total. The number of aromatic nitrogens is 1. The van der Waals surface area contributed by atoms with Gasteiger partial charge in [-0.2, -0.15) is 0 Å². The molecule has 4 heteroatoms. The van der Waals surface area contributed by atoms with Crippen LogP contribution in [-0.4, -0.2) is 7.05 Å². The van der Waals surface area contributed by atoms with E-state index in [-0.39, 0.29) is 7.05 Å². The van der Waals surface area contributed by atoms with Crippen molar-refractivity contribution < 1.29 is 9.22 Å². The van der Waals surface area contributed by atoms with Crippen LogP contribution in [0.1, 0.15) is 5.56 Å². The van der Waals surface area contributed by atoms with E-state index in [4.69, 9.17) is 4.65 Å². The fourth-order valence-electron chi connectivity index (χ4n) is 2.52. The van der Waals surface area contributed by atoms with Crippen LogP contribution in [0, 0.1) is 6.92 Å². The van der Waals surface area contributed by atoms with Crippen LogP contribution in [0.2, 0.25) is 6.82 Å². The Morgan fingerprint density at radius 2 is 2.00 bits per heavy atom. The maximum Gasteiger partial charge on any atom is 0.607 e. The van der Waals surface area contributed by atoms with E-state index >= 15 is 0 Å². The molecule has 3 nitrogen and oxygen atoms in total. The average Bonchev–Trinajstić information content (AvgIpc) is 2.68. The smallest absolute Gasteiger partial charge is 0.519 e. The van der Waals surface area contributed by atoms with Crippen molar-refractivity contribution in [2.45, 2.75) is 13.7 Å². The third-order valence-corrected chi connectivity index (χ3v) is 3.38. The monoisotopic (exact) mass is 239 g/mol. The number of fused-ring (bicyclic) bond motifs is 1. The van der Waals surface area contributed by atoms with E-state index in [0.717, 1.165) is 11.6 Å². The maximum absolute atomic E-state index is 5.92. The summed E-state index contributed by atoms with van der Waals surface area (Å²) in [5.41, 5.74) is 2.41. The van der Waals surface area contributed by atoms with Crippen LogP contribution in [-0.2, 0) is 7.05 Å². The summed E-state index contributed by atoms with van der Waals surface area (Å²) in [6, 6.07) is 12.4. The first-order valence-electron chi connectivity index (χ1n) is 6.18. The van der Waals surface area contributed by atoms with Crippen molar-refractivity contribution in [2.75, 3.05) is 4.81 Å². The Balaban J connectivity index is 2.18. The van der Waals surface area contributed by atoms with Crippen molar-refractivity contribution in [3.8, 4) is 5.75 Å². The second-order valence-corrected chi connectivity index (χ2v) is 4.68. The Labute approximate surface area is 108 Å². The number of para-hydroxylation sites is 1. The normalized spacial score (nSPS) is 13.5. The Hall–Kier alpha value is -1.97. The summed E-state index contributed by atoms with van der Waals surface area (Å²) in [6.45, 7) is 4.20. The molecule has 0 saturated heterocycles. The average molecular weight is 239 g/mol. The highest BCUT2D eigenvalue weighted by Crippen LogP contribution is 2.41. The highest BCUT2D eigenvalue weighted by atomic mass is 16.5. The van der Waals surface area contributed by atoms with Gasteiger partial charge in [-0.15, -0.1) is 0 Å². The highest BCUT2D eigenvalue weighted by Gasteiger charge is 2.43. The number of benzene rings is 1. The zero-order valence-corrected chi connectivity index (χ0v) is 10.9. The van der Waals surface area contributed by atoms with Crippen molar-refractivity contribution >= 4 is 18.6 Å². The SMILES string of the molecule is CB1Oc2cccc(C)c2N1c1cccc[n+]1C. The van der Waals surface area contributed by atoms with Crippen LogP contribution in [0.15, 0.2) is 42.6 Å². The van der Waals surface area contributed by atoms with E-state index in [0.29, 0.717) is 0 Å². The van der Waals surface area contributed by atoms with Gasteiger partial charge in [0.25, 0.3) is 5.82 Å². The molecule has 1 aromatic heterocycles. The molecule has 0 unspecified atom stereocenters. The van der Waals surface area contributed by atoms with Crippen LogP contribution in [0.4, 0.5) is 11.5 Å². The summed E-state index contributed by atoms with van der Waals surface area (Å²) < 4.78 is 8.03. The van der Waals surface area contributed by atoms with Gasteiger partial charge in [0.2, 0.25) is 0 Å². The summed E-state index contributed by atoms with van der Waals surface area (Å²) in [5, 5.41) is 0. The van der Waals surface area contributed by atoms with Crippen molar-refractivity contribution in [3.05, 3.63) is 48.2 Å². The van der Waals surface area contributed by atoms with E-state index in [1.807, 2.05) is 18.2 Å². The lowest BCUT2D eigenvalue weighted by Crippen LogP contribution is -2.42. The zero-order chi connectivity index (χ0) is 12.7. The van der Waals surface area contributed by atoms with Crippen LogP contribution >= 0.6 is 0 Å². The minimum Gasteiger partial charge on any atom is -0.519 e. The lowest BCUT2D eigenvalue weighted by Gasteiger charge is -2.15. The number of pyridine rings is 1. The molecule has 1 aliphatic rings. The summed E-state index contributed by atoms with van der Waals surface area (Å²) in [7, 11) is 2.08. The zero-order valence-electron chi connectivity index (χ0n) is 10.9. The number of hydrogen-bond donors (Lipinski definition) is 0. The molecule has 1 aromatic carbocycles. The summed E-state index contributed by atoms with van der Waals surface area (Å²) in [5.74, 6) is 2.10. The highest BCUT2D eigenvalue weighted by molar-refractivity contribution is 6.59. The molecule has 0 fully saturated rings. The lowest BCUT2D eigenvalue weighted by molar-refractivity contribution is -0.658. The third-order valence-electron chi connectivity index (χ3n) is 3.38. The first-order chi connectivity index (χ1) is 8.68. The number of aryl methyl sites for hydroxylation is 2. The Bertz CT molecular complexity index is 600. The fraction of sp³-hybridized carbons (Fsp3) is 0.214. The van der Waals surface area contributed by atoms with E-state index < -0.39 is 0 Å². The fourth-order valence-corrected chi connectivity index (χ4v) is 2.52. The molecule has 2 aromatic rings. The Kier molecular flexibility index (Phi) is 2.51. The van der Waals surface area contributed by atoms with E-state index in [1.165, 1.54) is 11.3 Å². The first kappa shape index (κ1) is 11.1. The van der Waals surface area contributed by atoms with Gasteiger partial charge in [0.05, 0.1) is 13.2 Å². The molecule has 90 valence electrons. The molecule has 1 aliphatic heterocycles. The lowest BCUT2D eigenvalue weighted by atomic mass is 9.85.